The van der Waals surface area contributed by atoms with Gasteiger partial charge < -0.3 is 19.0 Å². The topological polar surface area (TPSA) is 68.9 Å². The average molecular weight is 366 g/mol. The molecule has 0 aliphatic rings. The molecule has 0 amide bonds. The molecule has 140 valence electrons. The summed E-state index contributed by atoms with van der Waals surface area (Å²) in [6.45, 7) is 6.01. The van der Waals surface area contributed by atoms with Crippen LogP contribution in [0.5, 0.6) is 5.75 Å². The molecular weight excluding hydrogens is 344 g/mol. The Morgan fingerprint density at radius 2 is 2.00 bits per heavy atom. The lowest BCUT2D eigenvalue weighted by atomic mass is 10.1. The summed E-state index contributed by atoms with van der Waals surface area (Å²) >= 11 is 0. The van der Waals surface area contributed by atoms with Gasteiger partial charge in [-0.25, -0.2) is 4.79 Å². The first-order valence-corrected chi connectivity index (χ1v) is 8.81. The van der Waals surface area contributed by atoms with E-state index in [-0.39, 0.29) is 6.10 Å². The number of benzene rings is 2. The lowest BCUT2D eigenvalue weighted by Gasteiger charge is -2.17. The van der Waals surface area contributed by atoms with E-state index < -0.39 is 12.1 Å². The zero-order valence-electron chi connectivity index (χ0n) is 15.1. The van der Waals surface area contributed by atoms with E-state index in [1.807, 2.05) is 48.5 Å². The van der Waals surface area contributed by atoms with Gasteiger partial charge in [0.2, 0.25) is 0 Å². The summed E-state index contributed by atoms with van der Waals surface area (Å²) in [4.78, 5) is 11.2. The van der Waals surface area contributed by atoms with Crippen molar-refractivity contribution in [3.63, 3.8) is 0 Å². The van der Waals surface area contributed by atoms with E-state index in [1.54, 1.807) is 19.3 Å². The largest absolute Gasteiger partial charge is 0.481 e. The van der Waals surface area contributed by atoms with Crippen LogP contribution in [0.25, 0.3) is 11.0 Å². The second kappa shape index (κ2) is 8.56. The Hall–Kier alpha value is -3.05. The van der Waals surface area contributed by atoms with E-state index in [4.69, 9.17) is 13.9 Å². The number of para-hydroxylation sites is 1. The van der Waals surface area contributed by atoms with Crippen molar-refractivity contribution in [3.8, 4) is 5.75 Å². The third kappa shape index (κ3) is 4.38. The van der Waals surface area contributed by atoms with Crippen LogP contribution in [0.4, 0.5) is 0 Å². The van der Waals surface area contributed by atoms with Crippen LogP contribution in [0.2, 0.25) is 0 Å². The molecule has 1 unspecified atom stereocenters. The number of carboxylic acid groups (broad SMARTS) is 1. The van der Waals surface area contributed by atoms with Gasteiger partial charge >= 0.3 is 5.97 Å². The Balaban J connectivity index is 1.74. The highest BCUT2D eigenvalue weighted by molar-refractivity contribution is 5.80. The number of carboxylic acids is 1. The standard InChI is InChI=1S/C22H22O5/c1-3-19(18-7-5-6-16-12-13-26-21(16)18)27-17-10-8-15(9-11-17)14-20(22(23)24)25-4-2/h3,5-13,19-20H,1,4,14H2,2H3,(H,23,24)/t19?,20-/m0/s1. The van der Waals surface area contributed by atoms with Gasteiger partial charge in [0.05, 0.1) is 6.26 Å². The molecule has 0 bridgehead atoms. The van der Waals surface area contributed by atoms with Gasteiger partial charge in [0.25, 0.3) is 0 Å². The molecule has 0 saturated heterocycles. The molecule has 1 aromatic heterocycles. The molecule has 0 saturated carbocycles. The molecule has 1 N–H and O–H groups in total. The summed E-state index contributed by atoms with van der Waals surface area (Å²) in [7, 11) is 0. The normalized spacial score (nSPS) is 13.2. The van der Waals surface area contributed by atoms with E-state index in [2.05, 4.69) is 6.58 Å². The molecule has 0 aliphatic heterocycles. The van der Waals surface area contributed by atoms with Crippen LogP contribution in [-0.4, -0.2) is 23.8 Å². The fraction of sp³-hybridized carbons (Fsp3) is 0.227. The summed E-state index contributed by atoms with van der Waals surface area (Å²) in [6.07, 6.45) is 2.47. The van der Waals surface area contributed by atoms with Crippen LogP contribution in [0.15, 0.2) is 71.9 Å². The number of carbonyl (C=O) groups is 1. The fourth-order valence-corrected chi connectivity index (χ4v) is 2.96. The zero-order chi connectivity index (χ0) is 19.2. The van der Waals surface area contributed by atoms with Crippen molar-refractivity contribution in [2.24, 2.45) is 0 Å². The van der Waals surface area contributed by atoms with E-state index in [9.17, 15) is 9.90 Å². The summed E-state index contributed by atoms with van der Waals surface area (Å²) in [5, 5.41) is 10.2. The fourth-order valence-electron chi connectivity index (χ4n) is 2.96. The molecular formula is C22H22O5. The van der Waals surface area contributed by atoms with Crippen molar-refractivity contribution < 1.29 is 23.8 Å². The molecule has 0 spiro atoms. The minimum Gasteiger partial charge on any atom is -0.481 e. The minimum absolute atomic E-state index is 0.306. The quantitative estimate of drug-likeness (QED) is 0.552. The maximum absolute atomic E-state index is 11.2. The average Bonchev–Trinajstić information content (AvgIpc) is 3.16. The molecule has 0 radical (unpaired) electrons. The first kappa shape index (κ1) is 18.7. The van der Waals surface area contributed by atoms with Crippen molar-refractivity contribution in [2.75, 3.05) is 6.61 Å². The molecule has 27 heavy (non-hydrogen) atoms. The number of fused-ring (bicyclic) bond motifs is 1. The monoisotopic (exact) mass is 366 g/mol. The van der Waals surface area contributed by atoms with E-state index >= 15 is 0 Å². The van der Waals surface area contributed by atoms with Gasteiger partial charge in [-0.3, -0.25) is 0 Å². The Morgan fingerprint density at radius 3 is 2.67 bits per heavy atom. The molecule has 5 nitrogen and oxygen atoms in total. The molecule has 0 aliphatic carbocycles. The van der Waals surface area contributed by atoms with Crippen LogP contribution < -0.4 is 4.74 Å². The number of ether oxygens (including phenoxy) is 2. The van der Waals surface area contributed by atoms with Gasteiger partial charge in [0.15, 0.2) is 6.10 Å². The van der Waals surface area contributed by atoms with E-state index in [0.29, 0.717) is 18.8 Å². The number of hydrogen-bond acceptors (Lipinski definition) is 4. The van der Waals surface area contributed by atoms with Gasteiger partial charge in [0.1, 0.15) is 17.4 Å². The number of aliphatic carboxylic acids is 1. The molecule has 2 atom stereocenters. The second-order valence-electron chi connectivity index (χ2n) is 6.09. The van der Waals surface area contributed by atoms with Crippen LogP contribution in [-0.2, 0) is 16.0 Å². The summed E-state index contributed by atoms with van der Waals surface area (Å²) in [6, 6.07) is 15.1. The maximum Gasteiger partial charge on any atom is 0.333 e. The smallest absolute Gasteiger partial charge is 0.333 e. The molecule has 3 aromatic rings. The second-order valence-corrected chi connectivity index (χ2v) is 6.09. The predicted molar refractivity (Wildman–Crippen MR) is 103 cm³/mol. The Morgan fingerprint density at radius 1 is 1.22 bits per heavy atom. The van der Waals surface area contributed by atoms with Crippen LogP contribution in [0.1, 0.15) is 24.2 Å². The highest BCUT2D eigenvalue weighted by Crippen LogP contribution is 2.30. The number of hydrogen-bond donors (Lipinski definition) is 1. The first-order valence-electron chi connectivity index (χ1n) is 8.81. The van der Waals surface area contributed by atoms with Crippen molar-refractivity contribution in [3.05, 3.63) is 78.6 Å². The van der Waals surface area contributed by atoms with Crippen LogP contribution >= 0.6 is 0 Å². The summed E-state index contributed by atoms with van der Waals surface area (Å²) < 4.78 is 16.9. The molecule has 3 rings (SSSR count). The van der Waals surface area contributed by atoms with Gasteiger partial charge in [0, 0.05) is 24.0 Å². The Kier molecular flexibility index (Phi) is 5.94. The van der Waals surface area contributed by atoms with Crippen molar-refractivity contribution >= 4 is 16.9 Å². The van der Waals surface area contributed by atoms with Gasteiger partial charge in [-0.1, -0.05) is 36.9 Å². The lowest BCUT2D eigenvalue weighted by molar-refractivity contribution is -0.149. The highest BCUT2D eigenvalue weighted by atomic mass is 16.5. The van der Waals surface area contributed by atoms with Crippen LogP contribution in [0, 0.1) is 0 Å². The van der Waals surface area contributed by atoms with Crippen molar-refractivity contribution in [2.45, 2.75) is 25.6 Å². The Bertz CT molecular complexity index is 910. The van der Waals surface area contributed by atoms with Crippen LogP contribution in [0.3, 0.4) is 0 Å². The van der Waals surface area contributed by atoms with E-state index in [1.165, 1.54) is 0 Å². The van der Waals surface area contributed by atoms with Gasteiger partial charge in [-0.15, -0.1) is 0 Å². The minimum atomic E-state index is -0.963. The lowest BCUT2D eigenvalue weighted by Crippen LogP contribution is -2.26. The Labute approximate surface area is 157 Å². The molecule has 1 heterocycles. The number of rotatable bonds is 9. The number of furan rings is 1. The van der Waals surface area contributed by atoms with Crippen molar-refractivity contribution in [1.82, 2.24) is 0 Å². The highest BCUT2D eigenvalue weighted by Gasteiger charge is 2.18. The maximum atomic E-state index is 11.2. The van der Waals surface area contributed by atoms with E-state index in [0.717, 1.165) is 22.1 Å². The molecule has 5 heteroatoms. The third-order valence-corrected chi connectivity index (χ3v) is 4.28. The summed E-state index contributed by atoms with van der Waals surface area (Å²) in [5.74, 6) is -0.300. The van der Waals surface area contributed by atoms with Gasteiger partial charge in [-0.05, 0) is 36.8 Å². The van der Waals surface area contributed by atoms with Gasteiger partial charge in [-0.2, -0.15) is 0 Å². The SMILES string of the molecule is C=CC(Oc1ccc(C[C@H](OCC)C(=O)O)cc1)c1cccc2ccoc12. The summed E-state index contributed by atoms with van der Waals surface area (Å²) in [5.41, 5.74) is 2.55. The first-order chi connectivity index (χ1) is 13.1. The van der Waals surface area contributed by atoms with Crippen molar-refractivity contribution in [1.29, 1.82) is 0 Å². The molecule has 2 aromatic carbocycles. The predicted octanol–water partition coefficient (Wildman–Crippen LogP) is 4.77. The third-order valence-electron chi connectivity index (χ3n) is 4.28. The molecule has 0 fully saturated rings. The zero-order valence-corrected chi connectivity index (χ0v) is 15.1.